The summed E-state index contributed by atoms with van der Waals surface area (Å²) in [4.78, 5) is 0. The molecule has 0 aliphatic heterocycles. The Balaban J connectivity index is 0.00000204. The van der Waals surface area contributed by atoms with E-state index in [9.17, 15) is 0 Å². The Morgan fingerprint density at radius 3 is 1.24 bits per heavy atom. The average Bonchev–Trinajstić information content (AvgIpc) is 3.43. The van der Waals surface area contributed by atoms with Crippen LogP contribution in [0.5, 0.6) is 0 Å². The second kappa shape index (κ2) is 12.2. The average molecular weight is 707 g/mol. The molecule has 2 aliphatic carbocycles. The van der Waals surface area contributed by atoms with Gasteiger partial charge in [0, 0.05) is 0 Å². The first-order valence-electron chi connectivity index (χ1n) is 11.9. The number of rotatable bonds is 7. The van der Waals surface area contributed by atoms with Crippen LogP contribution in [0.15, 0.2) is 102 Å². The monoisotopic (exact) mass is 707 g/mol. The van der Waals surface area contributed by atoms with E-state index in [1.54, 1.807) is 20.8 Å². The van der Waals surface area contributed by atoms with Gasteiger partial charge in [-0.25, -0.2) is 0 Å². The van der Waals surface area contributed by atoms with E-state index in [2.05, 4.69) is 124 Å². The maximum Gasteiger partial charge on any atom is -1.00 e. The molecule has 34 heavy (non-hydrogen) atoms. The van der Waals surface area contributed by atoms with E-state index in [0.717, 1.165) is 0 Å². The minimum absolute atomic E-state index is 0. The molecule has 179 valence electrons. The molecule has 0 amide bonds. The SMILES string of the molecule is C[Si](C)(C)C1=CC[C]([Hf+2]([C]2=CC([Si](C)(C)C)=CC2)[SiH](c2ccccc2)c2ccccc2)=C1.[Cl-].[Cl-]. The summed E-state index contributed by atoms with van der Waals surface area (Å²) in [6.45, 7) is 15.0. The molecule has 4 rings (SSSR count). The van der Waals surface area contributed by atoms with E-state index in [0.29, 0.717) is 0 Å². The second-order valence-electron chi connectivity index (χ2n) is 11.2. The molecular weight excluding hydrogens is 670 g/mol. The first-order chi connectivity index (χ1) is 15.1. The predicted octanol–water partition coefficient (Wildman–Crippen LogP) is 0.334. The fourth-order valence-corrected chi connectivity index (χ4v) is 40.2. The van der Waals surface area contributed by atoms with Gasteiger partial charge in [0.15, 0.2) is 0 Å². The molecular formula is C28H37Cl2HfSi3. The molecule has 6 heteroatoms. The van der Waals surface area contributed by atoms with Crippen LogP contribution in [0.4, 0.5) is 0 Å². The summed E-state index contributed by atoms with van der Waals surface area (Å²) in [5, 5.41) is 6.71. The maximum absolute atomic E-state index is 2.72. The van der Waals surface area contributed by atoms with Crippen molar-refractivity contribution in [2.45, 2.75) is 52.1 Å². The fraction of sp³-hybridized carbons (Fsp3) is 0.286. The predicted molar refractivity (Wildman–Crippen MR) is 148 cm³/mol. The first-order valence-corrected chi connectivity index (χ1v) is 30.5. The molecule has 2 aromatic carbocycles. The minimum Gasteiger partial charge on any atom is -1.00 e. The smallest absolute Gasteiger partial charge is 1.00 e. The molecule has 0 fully saturated rings. The van der Waals surface area contributed by atoms with Gasteiger partial charge < -0.3 is 24.8 Å². The fourth-order valence-electron chi connectivity index (χ4n) is 4.87. The molecule has 0 N–H and O–H groups in total. The van der Waals surface area contributed by atoms with Crippen LogP contribution in [0.1, 0.15) is 12.8 Å². The van der Waals surface area contributed by atoms with Gasteiger partial charge in [0.1, 0.15) is 0 Å². The summed E-state index contributed by atoms with van der Waals surface area (Å²) in [6, 6.07) is 23.2. The van der Waals surface area contributed by atoms with Gasteiger partial charge in [-0.05, 0) is 0 Å². The van der Waals surface area contributed by atoms with Crippen LogP contribution in [0, 0.1) is 0 Å². The summed E-state index contributed by atoms with van der Waals surface area (Å²) >= 11 is -2.33. The van der Waals surface area contributed by atoms with Gasteiger partial charge in [0.05, 0.1) is 0 Å². The third kappa shape index (κ3) is 6.83. The molecule has 2 aliphatic rings. The number of allylic oxidation sites excluding steroid dienone is 8. The van der Waals surface area contributed by atoms with Crippen LogP contribution < -0.4 is 35.2 Å². The van der Waals surface area contributed by atoms with Crippen molar-refractivity contribution < 1.29 is 45.4 Å². The molecule has 0 aromatic heterocycles. The van der Waals surface area contributed by atoms with Crippen molar-refractivity contribution >= 4 is 32.5 Å². The van der Waals surface area contributed by atoms with Gasteiger partial charge in [0.25, 0.3) is 0 Å². The molecule has 0 radical (unpaired) electrons. The van der Waals surface area contributed by atoms with Crippen LogP contribution in [-0.2, 0) is 20.6 Å². The normalized spacial score (nSPS) is 15.6. The van der Waals surface area contributed by atoms with Gasteiger partial charge in [-0.2, -0.15) is 0 Å². The largest absolute Gasteiger partial charge is 1.00 e. The van der Waals surface area contributed by atoms with Crippen molar-refractivity contribution in [3.05, 3.63) is 102 Å². The molecule has 0 saturated heterocycles. The van der Waals surface area contributed by atoms with E-state index in [1.807, 2.05) is 6.66 Å². The Hall–Kier alpha value is -0.499. The first kappa shape index (κ1) is 29.7. The maximum atomic E-state index is 2.72. The van der Waals surface area contributed by atoms with Gasteiger partial charge in [-0.1, -0.05) is 0 Å². The van der Waals surface area contributed by atoms with E-state index < -0.39 is 42.7 Å². The van der Waals surface area contributed by atoms with Crippen molar-refractivity contribution in [3.63, 3.8) is 0 Å². The Morgan fingerprint density at radius 2 is 0.941 bits per heavy atom. The molecule has 2 aromatic rings. The summed E-state index contributed by atoms with van der Waals surface area (Å²) in [7, 11) is -2.56. The summed E-state index contributed by atoms with van der Waals surface area (Å²) in [5.41, 5.74) is 0. The standard InChI is InChI=1S/C12H11Si.2C8H13Si.2ClH.Hf/c1-3-7-11(8-4-1)13-12-9-5-2-6-10-12;2*1-9(2,3)8-6-4-5-7-8;;;/h1-10,13H;2*6-7H,4H2,1-3H3;2*1H;/q;;;;;+2/p-2. The van der Waals surface area contributed by atoms with Crippen LogP contribution in [0.3, 0.4) is 0 Å². The Morgan fingerprint density at radius 1 is 0.588 bits per heavy atom. The van der Waals surface area contributed by atoms with Gasteiger partial charge in [-0.15, -0.1) is 0 Å². The van der Waals surface area contributed by atoms with Crippen molar-refractivity contribution in [2.75, 3.05) is 0 Å². The topological polar surface area (TPSA) is 0 Å². The van der Waals surface area contributed by atoms with Crippen molar-refractivity contribution in [1.29, 1.82) is 0 Å². The quantitative estimate of drug-likeness (QED) is 0.365. The molecule has 0 unspecified atom stereocenters. The van der Waals surface area contributed by atoms with Crippen molar-refractivity contribution in [2.24, 2.45) is 0 Å². The van der Waals surface area contributed by atoms with Crippen molar-refractivity contribution in [3.8, 4) is 0 Å². The second-order valence-corrected chi connectivity index (χ2v) is 42.1. The Labute approximate surface area is 230 Å². The van der Waals surface area contributed by atoms with Gasteiger partial charge in [-0.3, -0.25) is 0 Å². The minimum atomic E-state index is -2.33. The zero-order valence-electron chi connectivity index (χ0n) is 21.3. The van der Waals surface area contributed by atoms with E-state index in [-0.39, 0.29) is 24.8 Å². The van der Waals surface area contributed by atoms with Crippen LogP contribution in [0.2, 0.25) is 39.3 Å². The third-order valence-corrected chi connectivity index (χ3v) is 40.5. The number of hydrogen-bond donors (Lipinski definition) is 0. The van der Waals surface area contributed by atoms with Crippen LogP contribution in [0.25, 0.3) is 0 Å². The van der Waals surface area contributed by atoms with Gasteiger partial charge >= 0.3 is 207 Å². The Bertz CT molecular complexity index is 1000. The van der Waals surface area contributed by atoms with E-state index in [1.165, 1.54) is 12.8 Å². The molecule has 0 atom stereocenters. The molecule has 0 heterocycles. The third-order valence-electron chi connectivity index (χ3n) is 6.72. The van der Waals surface area contributed by atoms with E-state index in [4.69, 9.17) is 0 Å². The molecule has 0 spiro atoms. The van der Waals surface area contributed by atoms with E-state index >= 15 is 0 Å². The van der Waals surface area contributed by atoms with Crippen molar-refractivity contribution in [1.82, 2.24) is 0 Å². The molecule has 0 bridgehead atoms. The number of hydrogen-bond acceptors (Lipinski definition) is 0. The molecule has 0 nitrogen and oxygen atoms in total. The number of benzene rings is 2. The number of halogens is 2. The van der Waals surface area contributed by atoms with Crippen LogP contribution >= 0.6 is 0 Å². The molecule has 0 saturated carbocycles. The van der Waals surface area contributed by atoms with Crippen LogP contribution in [-0.4, -0.2) is 22.1 Å². The summed E-state index contributed by atoms with van der Waals surface area (Å²) < 4.78 is 3.77. The summed E-state index contributed by atoms with van der Waals surface area (Å²) in [5.74, 6) is -1.29. The zero-order chi connectivity index (χ0) is 22.9. The van der Waals surface area contributed by atoms with Gasteiger partial charge in [0.2, 0.25) is 0 Å². The summed E-state index contributed by atoms with van der Waals surface area (Å²) in [6.07, 6.45) is 13.1. The zero-order valence-corrected chi connectivity index (χ0v) is 29.6. The Kier molecular flexibility index (Phi) is 10.6.